The largest absolute Gasteiger partial charge is 0.478 e. The quantitative estimate of drug-likeness (QED) is 0.491. The topological polar surface area (TPSA) is 63.6 Å². The number of alkyl halides is 6. The summed E-state index contributed by atoms with van der Waals surface area (Å²) in [6.45, 7) is 0.537. The van der Waals surface area contributed by atoms with Crippen LogP contribution in [0.2, 0.25) is 0 Å². The second-order valence-electron chi connectivity index (χ2n) is 3.27. The van der Waals surface area contributed by atoms with Gasteiger partial charge in [0.1, 0.15) is 0 Å². The molecule has 0 unspecified atom stereocenters. The molecule has 0 spiro atoms. The van der Waals surface area contributed by atoms with E-state index in [2.05, 4.69) is 4.74 Å². The third-order valence-electron chi connectivity index (χ3n) is 2.05. The molecule has 0 saturated carbocycles. The molecule has 0 aliphatic heterocycles. The minimum absolute atomic E-state index is 0.0375. The third-order valence-corrected chi connectivity index (χ3v) is 2.05. The van der Waals surface area contributed by atoms with Gasteiger partial charge in [-0.05, 0) is 0 Å². The Kier molecular flexibility index (Phi) is 4.99. The van der Waals surface area contributed by atoms with Gasteiger partial charge < -0.3 is 9.84 Å². The van der Waals surface area contributed by atoms with Crippen molar-refractivity contribution in [3.63, 3.8) is 0 Å². The van der Waals surface area contributed by atoms with E-state index in [0.717, 1.165) is 0 Å². The van der Waals surface area contributed by atoms with Gasteiger partial charge in [0.15, 0.2) is 0 Å². The van der Waals surface area contributed by atoms with Crippen molar-refractivity contribution < 1.29 is 45.8 Å². The predicted molar refractivity (Wildman–Crippen MR) is 48.0 cm³/mol. The van der Waals surface area contributed by atoms with Crippen molar-refractivity contribution in [2.75, 3.05) is 0 Å². The zero-order valence-corrected chi connectivity index (χ0v) is 9.30. The standard InChI is InChI=1S/C9H8F6O4/c1-2-7(8(10,11)12,9(13,14)15)19-6(18)4-3-5(16)17/h3-4H,2H2,1H3,(H,16,17)/b4-3+. The summed E-state index contributed by atoms with van der Waals surface area (Å²) >= 11 is 0. The number of carboxylic acid groups (broad SMARTS) is 1. The van der Waals surface area contributed by atoms with Crippen LogP contribution in [-0.2, 0) is 14.3 Å². The number of carboxylic acids is 1. The normalized spacial score (nSPS) is 13.6. The molecule has 19 heavy (non-hydrogen) atoms. The summed E-state index contributed by atoms with van der Waals surface area (Å²) in [7, 11) is 0. The highest BCUT2D eigenvalue weighted by Crippen LogP contribution is 2.48. The fraction of sp³-hybridized carbons (Fsp3) is 0.556. The molecule has 1 N–H and O–H groups in total. The average molecular weight is 294 g/mol. The van der Waals surface area contributed by atoms with Gasteiger partial charge in [0, 0.05) is 18.6 Å². The number of aliphatic carboxylic acids is 1. The van der Waals surface area contributed by atoms with Gasteiger partial charge in [0.25, 0.3) is 0 Å². The van der Waals surface area contributed by atoms with Crippen molar-refractivity contribution in [1.29, 1.82) is 0 Å². The molecule has 0 aromatic rings. The first-order valence-corrected chi connectivity index (χ1v) is 4.65. The van der Waals surface area contributed by atoms with E-state index in [1.54, 1.807) is 0 Å². The Bertz CT molecular complexity index is 367. The molecule has 0 rings (SSSR count). The van der Waals surface area contributed by atoms with Gasteiger partial charge in [0.05, 0.1) is 0 Å². The first-order chi connectivity index (χ1) is 8.37. The molecule has 0 heterocycles. The van der Waals surface area contributed by atoms with Crippen LogP contribution in [-0.4, -0.2) is 35.0 Å². The van der Waals surface area contributed by atoms with E-state index in [1.807, 2.05) is 0 Å². The smallest absolute Gasteiger partial charge is 0.437 e. The van der Waals surface area contributed by atoms with E-state index in [4.69, 9.17) is 5.11 Å². The zero-order valence-electron chi connectivity index (χ0n) is 9.30. The molecule has 10 heteroatoms. The lowest BCUT2D eigenvalue weighted by atomic mass is 9.99. The van der Waals surface area contributed by atoms with Crippen molar-refractivity contribution >= 4 is 11.9 Å². The molecule has 4 nitrogen and oxygen atoms in total. The Morgan fingerprint density at radius 3 is 1.74 bits per heavy atom. The summed E-state index contributed by atoms with van der Waals surface area (Å²) < 4.78 is 78.4. The Morgan fingerprint density at radius 2 is 1.47 bits per heavy atom. The second-order valence-corrected chi connectivity index (χ2v) is 3.27. The van der Waals surface area contributed by atoms with Crippen molar-refractivity contribution in [1.82, 2.24) is 0 Å². The van der Waals surface area contributed by atoms with Crippen LogP contribution in [0, 0.1) is 0 Å². The zero-order chi connectivity index (χ0) is 15.5. The third kappa shape index (κ3) is 3.86. The highest BCUT2D eigenvalue weighted by Gasteiger charge is 2.73. The van der Waals surface area contributed by atoms with E-state index in [0.29, 0.717) is 6.92 Å². The molecule has 0 fully saturated rings. The van der Waals surface area contributed by atoms with Crippen LogP contribution in [0.1, 0.15) is 13.3 Å². The van der Waals surface area contributed by atoms with Crippen molar-refractivity contribution in [2.45, 2.75) is 31.3 Å². The van der Waals surface area contributed by atoms with Gasteiger partial charge in [-0.3, -0.25) is 0 Å². The number of halogens is 6. The summed E-state index contributed by atoms with van der Waals surface area (Å²) in [5.74, 6) is -3.78. The number of carbonyl (C=O) groups is 2. The van der Waals surface area contributed by atoms with Crippen LogP contribution in [0.4, 0.5) is 26.3 Å². The van der Waals surface area contributed by atoms with E-state index < -0.39 is 36.3 Å². The Hall–Kier alpha value is -1.74. The fourth-order valence-electron chi connectivity index (χ4n) is 1.09. The van der Waals surface area contributed by atoms with E-state index >= 15 is 0 Å². The monoisotopic (exact) mass is 294 g/mol. The maximum absolute atomic E-state index is 12.5. The number of esters is 1. The van der Waals surface area contributed by atoms with Crippen LogP contribution in [0.25, 0.3) is 0 Å². The molecule has 0 aliphatic rings. The van der Waals surface area contributed by atoms with E-state index in [9.17, 15) is 35.9 Å². The Labute approximate surface area is 102 Å². The van der Waals surface area contributed by atoms with Gasteiger partial charge in [-0.15, -0.1) is 0 Å². The lowest BCUT2D eigenvalue weighted by Crippen LogP contribution is -2.59. The van der Waals surface area contributed by atoms with Crippen LogP contribution in [0.5, 0.6) is 0 Å². The molecule has 0 aromatic carbocycles. The molecule has 0 atom stereocenters. The van der Waals surface area contributed by atoms with Crippen molar-refractivity contribution in [3.05, 3.63) is 12.2 Å². The molecule has 0 saturated heterocycles. The molecule has 0 bridgehead atoms. The number of carbonyl (C=O) groups excluding carboxylic acids is 1. The predicted octanol–water partition coefficient (Wildman–Crippen LogP) is 2.44. The van der Waals surface area contributed by atoms with Crippen molar-refractivity contribution in [2.24, 2.45) is 0 Å². The van der Waals surface area contributed by atoms with Gasteiger partial charge in [0.2, 0.25) is 0 Å². The van der Waals surface area contributed by atoms with Crippen LogP contribution in [0.3, 0.4) is 0 Å². The van der Waals surface area contributed by atoms with Gasteiger partial charge >= 0.3 is 29.9 Å². The number of hydrogen-bond acceptors (Lipinski definition) is 3. The van der Waals surface area contributed by atoms with Crippen molar-refractivity contribution in [3.8, 4) is 0 Å². The molecular formula is C9H8F6O4. The van der Waals surface area contributed by atoms with Crippen LogP contribution < -0.4 is 0 Å². The Morgan fingerprint density at radius 1 is 1.05 bits per heavy atom. The summed E-state index contributed by atoms with van der Waals surface area (Å²) in [5.41, 5.74) is -4.67. The molecule has 110 valence electrons. The molecule has 0 amide bonds. The minimum Gasteiger partial charge on any atom is -0.478 e. The first kappa shape index (κ1) is 17.3. The number of ether oxygens (including phenoxy) is 1. The first-order valence-electron chi connectivity index (χ1n) is 4.65. The second kappa shape index (κ2) is 5.49. The average Bonchev–Trinajstić information content (AvgIpc) is 2.19. The lowest BCUT2D eigenvalue weighted by Gasteiger charge is -2.35. The summed E-state index contributed by atoms with van der Waals surface area (Å²) in [5, 5.41) is 8.10. The minimum atomic E-state index is -5.88. The molecule has 0 aromatic heterocycles. The Balaban J connectivity index is 5.42. The SMILES string of the molecule is CCC(OC(=O)/C=C/C(=O)O)(C(F)(F)F)C(F)(F)F. The molecular weight excluding hydrogens is 286 g/mol. The summed E-state index contributed by atoms with van der Waals surface area (Å²) in [4.78, 5) is 20.8. The summed E-state index contributed by atoms with van der Waals surface area (Å²) in [6.07, 6.45) is -13.3. The number of hydrogen-bond donors (Lipinski definition) is 1. The highest BCUT2D eigenvalue weighted by atomic mass is 19.4. The maximum Gasteiger partial charge on any atom is 0.437 e. The lowest BCUT2D eigenvalue weighted by molar-refractivity contribution is -0.369. The van der Waals surface area contributed by atoms with E-state index in [-0.39, 0.29) is 12.2 Å². The maximum atomic E-state index is 12.5. The fourth-order valence-corrected chi connectivity index (χ4v) is 1.09. The summed E-state index contributed by atoms with van der Waals surface area (Å²) in [6, 6.07) is 0. The molecule has 0 radical (unpaired) electrons. The van der Waals surface area contributed by atoms with Gasteiger partial charge in [-0.1, -0.05) is 6.92 Å². The molecule has 0 aliphatic carbocycles. The van der Waals surface area contributed by atoms with E-state index in [1.165, 1.54) is 0 Å². The van der Waals surface area contributed by atoms with Gasteiger partial charge in [-0.25, -0.2) is 9.59 Å². The van der Waals surface area contributed by atoms with Crippen LogP contribution in [0.15, 0.2) is 12.2 Å². The van der Waals surface area contributed by atoms with Gasteiger partial charge in [-0.2, -0.15) is 26.3 Å². The highest BCUT2D eigenvalue weighted by molar-refractivity contribution is 5.91. The van der Waals surface area contributed by atoms with Crippen LogP contribution >= 0.6 is 0 Å². The number of rotatable bonds is 4.